The fraction of sp³-hybridized carbons (Fsp3) is 0.538. The van der Waals surface area contributed by atoms with Crippen LogP contribution >= 0.6 is 11.6 Å². The first kappa shape index (κ1) is 14.4. The van der Waals surface area contributed by atoms with Gasteiger partial charge in [0.2, 0.25) is 0 Å². The summed E-state index contributed by atoms with van der Waals surface area (Å²) in [7, 11) is 5.85. The molecule has 0 aliphatic heterocycles. The third-order valence-corrected chi connectivity index (χ3v) is 3.76. The van der Waals surface area contributed by atoms with E-state index in [4.69, 9.17) is 11.6 Å². The van der Waals surface area contributed by atoms with E-state index < -0.39 is 0 Å². The standard InChI is InChI=1S/C13H20ClFN2/c1-13(2,17(4)5)12(16-3)10-8-9(15)6-7-11(10)14/h6-8,12,16H,1-5H3. The molecule has 0 heterocycles. The predicted molar refractivity (Wildman–Crippen MR) is 71.0 cm³/mol. The van der Waals surface area contributed by atoms with E-state index in [0.29, 0.717) is 5.02 Å². The van der Waals surface area contributed by atoms with Crippen LogP contribution < -0.4 is 5.32 Å². The largest absolute Gasteiger partial charge is 0.311 e. The van der Waals surface area contributed by atoms with Crippen LogP contribution in [0.4, 0.5) is 4.39 Å². The number of likely N-dealkylation sites (N-methyl/N-ethyl adjacent to an activating group) is 2. The molecule has 0 spiro atoms. The zero-order valence-corrected chi connectivity index (χ0v) is 11.8. The molecule has 0 radical (unpaired) electrons. The number of hydrogen-bond acceptors (Lipinski definition) is 2. The molecule has 0 saturated heterocycles. The van der Waals surface area contributed by atoms with E-state index in [2.05, 4.69) is 24.1 Å². The Kier molecular flexibility index (Phi) is 4.53. The highest BCUT2D eigenvalue weighted by Crippen LogP contribution is 2.33. The van der Waals surface area contributed by atoms with Gasteiger partial charge in [-0.25, -0.2) is 4.39 Å². The molecular weight excluding hydrogens is 239 g/mol. The van der Waals surface area contributed by atoms with Gasteiger partial charge < -0.3 is 10.2 Å². The van der Waals surface area contributed by atoms with Gasteiger partial charge in [0.1, 0.15) is 5.82 Å². The van der Waals surface area contributed by atoms with Gasteiger partial charge in [0.05, 0.1) is 6.04 Å². The second-order valence-corrected chi connectivity index (χ2v) is 5.34. The molecular formula is C13H20ClFN2. The number of rotatable bonds is 4. The Morgan fingerprint density at radius 1 is 1.35 bits per heavy atom. The molecule has 2 nitrogen and oxygen atoms in total. The molecule has 0 amide bonds. The third kappa shape index (κ3) is 2.97. The highest BCUT2D eigenvalue weighted by atomic mass is 35.5. The maximum absolute atomic E-state index is 13.3. The van der Waals surface area contributed by atoms with Crippen LogP contribution in [0.25, 0.3) is 0 Å². The number of nitrogens with one attached hydrogen (secondary N) is 1. The quantitative estimate of drug-likeness (QED) is 0.893. The topological polar surface area (TPSA) is 15.3 Å². The second kappa shape index (κ2) is 5.34. The maximum Gasteiger partial charge on any atom is 0.123 e. The molecule has 1 N–H and O–H groups in total. The van der Waals surface area contributed by atoms with Crippen molar-refractivity contribution in [2.24, 2.45) is 0 Å². The zero-order valence-electron chi connectivity index (χ0n) is 11.0. The normalized spacial score (nSPS) is 14.1. The number of hydrogen-bond donors (Lipinski definition) is 1. The Morgan fingerprint density at radius 2 is 1.94 bits per heavy atom. The van der Waals surface area contributed by atoms with Gasteiger partial charge in [-0.1, -0.05) is 11.6 Å². The van der Waals surface area contributed by atoms with Gasteiger partial charge in [0.15, 0.2) is 0 Å². The average molecular weight is 259 g/mol. The lowest BCUT2D eigenvalue weighted by atomic mass is 9.87. The summed E-state index contributed by atoms with van der Waals surface area (Å²) in [5.74, 6) is -0.265. The minimum atomic E-state index is -0.265. The van der Waals surface area contributed by atoms with Crippen LogP contribution in [0.3, 0.4) is 0 Å². The molecule has 1 unspecified atom stereocenters. The summed E-state index contributed by atoms with van der Waals surface area (Å²) in [5, 5.41) is 3.80. The summed E-state index contributed by atoms with van der Waals surface area (Å²) < 4.78 is 13.3. The van der Waals surface area contributed by atoms with E-state index in [1.165, 1.54) is 12.1 Å². The third-order valence-electron chi connectivity index (χ3n) is 3.42. The van der Waals surface area contributed by atoms with Gasteiger partial charge in [-0.05, 0) is 58.8 Å². The molecule has 0 bridgehead atoms. The Balaban J connectivity index is 3.22. The lowest BCUT2D eigenvalue weighted by molar-refractivity contribution is 0.142. The summed E-state index contributed by atoms with van der Waals surface area (Å²) in [4.78, 5) is 2.09. The second-order valence-electron chi connectivity index (χ2n) is 4.94. The first-order valence-corrected chi connectivity index (χ1v) is 5.98. The molecule has 0 aliphatic rings. The van der Waals surface area contributed by atoms with Crippen LogP contribution in [0.2, 0.25) is 5.02 Å². The summed E-state index contributed by atoms with van der Waals surface area (Å²) in [6, 6.07) is 4.43. The Hall–Kier alpha value is -0.640. The van der Waals surface area contributed by atoms with E-state index in [0.717, 1.165) is 5.56 Å². The number of halogens is 2. The van der Waals surface area contributed by atoms with Gasteiger partial charge in [-0.3, -0.25) is 0 Å². The van der Waals surface area contributed by atoms with Crippen LogP contribution in [0, 0.1) is 5.82 Å². The molecule has 0 saturated carbocycles. The van der Waals surface area contributed by atoms with E-state index in [-0.39, 0.29) is 17.4 Å². The van der Waals surface area contributed by atoms with E-state index in [1.807, 2.05) is 21.1 Å². The van der Waals surface area contributed by atoms with Crippen molar-refractivity contribution in [1.29, 1.82) is 0 Å². The fourth-order valence-corrected chi connectivity index (χ4v) is 2.11. The van der Waals surface area contributed by atoms with Gasteiger partial charge in [-0.2, -0.15) is 0 Å². The van der Waals surface area contributed by atoms with E-state index in [9.17, 15) is 4.39 Å². The van der Waals surface area contributed by atoms with E-state index in [1.54, 1.807) is 6.07 Å². The molecule has 0 aromatic heterocycles. The first-order chi connectivity index (χ1) is 7.80. The Bertz CT molecular complexity index is 391. The summed E-state index contributed by atoms with van der Waals surface area (Å²) >= 11 is 6.16. The van der Waals surface area contributed by atoms with Crippen molar-refractivity contribution in [2.75, 3.05) is 21.1 Å². The molecule has 4 heteroatoms. The maximum atomic E-state index is 13.3. The molecule has 1 aromatic rings. The summed E-state index contributed by atoms with van der Waals surface area (Å²) in [5.41, 5.74) is 0.611. The summed E-state index contributed by atoms with van der Waals surface area (Å²) in [6.45, 7) is 4.19. The van der Waals surface area contributed by atoms with Crippen molar-refractivity contribution in [3.8, 4) is 0 Å². The van der Waals surface area contributed by atoms with E-state index >= 15 is 0 Å². The molecule has 1 rings (SSSR count). The zero-order chi connectivity index (χ0) is 13.2. The molecule has 96 valence electrons. The molecule has 17 heavy (non-hydrogen) atoms. The lowest BCUT2D eigenvalue weighted by Gasteiger charge is -2.40. The molecule has 0 fully saturated rings. The predicted octanol–water partition coefficient (Wildman–Crippen LogP) is 3.08. The first-order valence-electron chi connectivity index (χ1n) is 5.60. The SMILES string of the molecule is CNC(c1cc(F)ccc1Cl)C(C)(C)N(C)C. The van der Waals surface area contributed by atoms with Crippen molar-refractivity contribution in [2.45, 2.75) is 25.4 Å². The van der Waals surface area contributed by atoms with Gasteiger partial charge in [-0.15, -0.1) is 0 Å². The van der Waals surface area contributed by atoms with Gasteiger partial charge >= 0.3 is 0 Å². The molecule has 1 atom stereocenters. The van der Waals surface area contributed by atoms with Crippen LogP contribution in [-0.2, 0) is 0 Å². The minimum absolute atomic E-state index is 0.0410. The van der Waals surface area contributed by atoms with Crippen LogP contribution in [-0.4, -0.2) is 31.6 Å². The van der Waals surface area contributed by atoms with Crippen LogP contribution in [0.1, 0.15) is 25.5 Å². The number of benzene rings is 1. The molecule has 1 aromatic carbocycles. The minimum Gasteiger partial charge on any atom is -0.311 e. The number of nitrogens with zero attached hydrogens (tertiary/aromatic N) is 1. The highest BCUT2D eigenvalue weighted by Gasteiger charge is 2.33. The smallest absolute Gasteiger partial charge is 0.123 e. The van der Waals surface area contributed by atoms with Crippen molar-refractivity contribution < 1.29 is 4.39 Å². The monoisotopic (exact) mass is 258 g/mol. The van der Waals surface area contributed by atoms with Crippen LogP contribution in [0.5, 0.6) is 0 Å². The van der Waals surface area contributed by atoms with Gasteiger partial charge in [0, 0.05) is 10.6 Å². The van der Waals surface area contributed by atoms with Crippen LogP contribution in [0.15, 0.2) is 18.2 Å². The van der Waals surface area contributed by atoms with Crippen molar-refractivity contribution >= 4 is 11.6 Å². The van der Waals surface area contributed by atoms with Crippen molar-refractivity contribution in [3.05, 3.63) is 34.6 Å². The Labute approximate surface area is 108 Å². The lowest BCUT2D eigenvalue weighted by Crippen LogP contribution is -2.48. The Morgan fingerprint density at radius 3 is 2.41 bits per heavy atom. The van der Waals surface area contributed by atoms with Crippen molar-refractivity contribution in [3.63, 3.8) is 0 Å². The van der Waals surface area contributed by atoms with Gasteiger partial charge in [0.25, 0.3) is 0 Å². The fourth-order valence-electron chi connectivity index (χ4n) is 1.88. The van der Waals surface area contributed by atoms with Crippen molar-refractivity contribution in [1.82, 2.24) is 10.2 Å². The molecule has 0 aliphatic carbocycles. The highest BCUT2D eigenvalue weighted by molar-refractivity contribution is 6.31. The summed E-state index contributed by atoms with van der Waals surface area (Å²) in [6.07, 6.45) is 0. The average Bonchev–Trinajstić information content (AvgIpc) is 2.23.